The summed E-state index contributed by atoms with van der Waals surface area (Å²) in [5.41, 5.74) is 2.87. The Kier molecular flexibility index (Phi) is 4.13. The zero-order valence-corrected chi connectivity index (χ0v) is 15.5. The van der Waals surface area contributed by atoms with Crippen molar-refractivity contribution >= 4 is 6.09 Å². The maximum absolute atomic E-state index is 12.6. The minimum absolute atomic E-state index is 0.117. The van der Waals surface area contributed by atoms with E-state index in [1.165, 1.54) is 11.6 Å². The second kappa shape index (κ2) is 5.90. The van der Waals surface area contributed by atoms with Crippen LogP contribution in [-0.2, 0) is 16.7 Å². The lowest BCUT2D eigenvalue weighted by molar-refractivity contribution is 0.0459. The molecule has 0 radical (unpaired) electrons. The summed E-state index contributed by atoms with van der Waals surface area (Å²) >= 11 is 0. The quantitative estimate of drug-likeness (QED) is 0.767. The average Bonchev–Trinajstić information content (AvgIpc) is 2.43. The van der Waals surface area contributed by atoms with Gasteiger partial charge in [-0.2, -0.15) is 0 Å². The van der Waals surface area contributed by atoms with E-state index in [4.69, 9.17) is 4.74 Å². The van der Waals surface area contributed by atoms with E-state index in [1.807, 2.05) is 33.8 Å². The Balaban J connectivity index is 2.13. The van der Waals surface area contributed by atoms with Gasteiger partial charge in [-0.15, -0.1) is 0 Å². The molecule has 134 valence electrons. The fourth-order valence-corrected chi connectivity index (χ4v) is 4.17. The van der Waals surface area contributed by atoms with Crippen LogP contribution in [0.25, 0.3) is 0 Å². The van der Waals surface area contributed by atoms with Crippen molar-refractivity contribution in [2.45, 2.75) is 58.6 Å². The molecule has 5 nitrogen and oxygen atoms in total. The van der Waals surface area contributed by atoms with Crippen LogP contribution >= 0.6 is 0 Å². The van der Waals surface area contributed by atoms with Crippen LogP contribution in [0, 0.1) is 5.92 Å². The van der Waals surface area contributed by atoms with Gasteiger partial charge in [0.15, 0.2) is 0 Å². The first-order valence-corrected chi connectivity index (χ1v) is 8.72. The molecule has 2 unspecified atom stereocenters. The predicted octanol–water partition coefficient (Wildman–Crippen LogP) is 3.56. The molecule has 3 rings (SSSR count). The lowest BCUT2D eigenvalue weighted by atomic mass is 9.63. The van der Waals surface area contributed by atoms with Gasteiger partial charge in [0.2, 0.25) is 5.56 Å². The molecular weight excluding hydrogens is 316 g/mol. The summed E-state index contributed by atoms with van der Waals surface area (Å²) in [7, 11) is 0. The van der Waals surface area contributed by atoms with E-state index in [0.29, 0.717) is 6.42 Å². The van der Waals surface area contributed by atoms with Gasteiger partial charge in [-0.3, -0.25) is 4.79 Å². The van der Waals surface area contributed by atoms with E-state index in [0.717, 1.165) is 23.3 Å². The van der Waals surface area contributed by atoms with Crippen LogP contribution in [0.5, 0.6) is 0 Å². The number of pyridine rings is 1. The van der Waals surface area contributed by atoms with E-state index in [2.05, 4.69) is 29.4 Å². The van der Waals surface area contributed by atoms with E-state index < -0.39 is 17.2 Å². The number of aromatic nitrogens is 1. The van der Waals surface area contributed by atoms with Crippen LogP contribution in [0.4, 0.5) is 4.79 Å². The second-order valence-electron chi connectivity index (χ2n) is 7.99. The summed E-state index contributed by atoms with van der Waals surface area (Å²) in [5.74, 6) is 0.166. The van der Waals surface area contributed by atoms with Gasteiger partial charge in [0.05, 0.1) is 5.54 Å². The molecule has 5 heteroatoms. The third-order valence-corrected chi connectivity index (χ3v) is 4.83. The first-order valence-electron chi connectivity index (χ1n) is 8.72. The second-order valence-corrected chi connectivity index (χ2v) is 7.99. The lowest BCUT2D eigenvalue weighted by Gasteiger charge is -2.47. The fourth-order valence-electron chi connectivity index (χ4n) is 4.17. The van der Waals surface area contributed by atoms with Gasteiger partial charge in [-0.1, -0.05) is 17.7 Å². The van der Waals surface area contributed by atoms with Crippen molar-refractivity contribution < 1.29 is 9.53 Å². The number of H-pyrrole nitrogens is 1. The molecule has 2 aliphatic rings. The number of hydrogen-bond acceptors (Lipinski definition) is 3. The van der Waals surface area contributed by atoms with Gasteiger partial charge < -0.3 is 15.0 Å². The molecule has 0 saturated heterocycles. The molecule has 1 amide bonds. The number of carbonyl (C=O) groups excluding carboxylic acids is 1. The molecule has 2 atom stereocenters. The maximum Gasteiger partial charge on any atom is 0.408 e. The van der Waals surface area contributed by atoms with Gasteiger partial charge >= 0.3 is 6.09 Å². The van der Waals surface area contributed by atoms with E-state index in [9.17, 15) is 9.59 Å². The molecule has 2 bridgehead atoms. The molecule has 2 N–H and O–H groups in total. The van der Waals surface area contributed by atoms with E-state index in [1.54, 1.807) is 0 Å². The Hall–Kier alpha value is -2.30. The van der Waals surface area contributed by atoms with Crippen LogP contribution < -0.4 is 10.9 Å². The number of ether oxygens (including phenoxy) is 1. The minimum atomic E-state index is -0.668. The zero-order chi connectivity index (χ0) is 18.4. The highest BCUT2D eigenvalue weighted by molar-refractivity contribution is 5.71. The summed E-state index contributed by atoms with van der Waals surface area (Å²) in [6.45, 7) is 9.63. The first kappa shape index (κ1) is 17.5. The van der Waals surface area contributed by atoms with Crippen molar-refractivity contribution in [2.75, 3.05) is 0 Å². The monoisotopic (exact) mass is 342 g/mol. The van der Waals surface area contributed by atoms with Crippen LogP contribution in [0.15, 0.2) is 40.2 Å². The smallest absolute Gasteiger partial charge is 0.408 e. The number of aromatic amines is 1. The van der Waals surface area contributed by atoms with Crippen LogP contribution in [-0.4, -0.2) is 16.7 Å². The number of rotatable bonds is 1. The molecule has 25 heavy (non-hydrogen) atoms. The third-order valence-electron chi connectivity index (χ3n) is 4.83. The normalized spacial score (nSPS) is 26.7. The summed E-state index contributed by atoms with van der Waals surface area (Å²) < 4.78 is 5.52. The summed E-state index contributed by atoms with van der Waals surface area (Å²) in [6.07, 6.45) is 5.28. The largest absolute Gasteiger partial charge is 0.444 e. The minimum Gasteiger partial charge on any atom is -0.444 e. The van der Waals surface area contributed by atoms with Crippen LogP contribution in [0.1, 0.15) is 52.3 Å². The van der Waals surface area contributed by atoms with Crippen molar-refractivity contribution in [1.82, 2.24) is 10.3 Å². The number of nitrogens with one attached hydrogen (secondary N) is 2. The number of alkyl carbamates (subject to hydrolysis) is 1. The molecule has 1 aromatic rings. The number of fused-ring (bicyclic) bond motifs is 4. The molecular formula is C20H26N2O3. The first-order chi connectivity index (χ1) is 11.6. The topological polar surface area (TPSA) is 71.2 Å². The maximum atomic E-state index is 12.6. The molecule has 1 aromatic heterocycles. The van der Waals surface area contributed by atoms with Crippen molar-refractivity contribution in [3.8, 4) is 0 Å². The molecule has 0 spiro atoms. The third kappa shape index (κ3) is 3.15. The van der Waals surface area contributed by atoms with Gasteiger partial charge in [0.25, 0.3) is 0 Å². The lowest BCUT2D eigenvalue weighted by Crippen LogP contribution is -2.54. The molecule has 0 aliphatic heterocycles. The molecule has 0 aromatic carbocycles. The van der Waals surface area contributed by atoms with Crippen molar-refractivity contribution in [3.63, 3.8) is 0 Å². The molecule has 1 heterocycles. The van der Waals surface area contributed by atoms with Gasteiger partial charge in [-0.25, -0.2) is 4.79 Å². The molecule has 0 fully saturated rings. The number of allylic oxidation sites excluding steroid dienone is 2. The van der Waals surface area contributed by atoms with Gasteiger partial charge in [0, 0.05) is 23.2 Å². The van der Waals surface area contributed by atoms with E-state index in [-0.39, 0.29) is 11.5 Å². The zero-order valence-electron chi connectivity index (χ0n) is 15.5. The van der Waals surface area contributed by atoms with Crippen molar-refractivity contribution in [2.24, 2.45) is 5.92 Å². The molecule has 2 aliphatic carbocycles. The number of carbonyl (C=O) groups is 1. The van der Waals surface area contributed by atoms with E-state index >= 15 is 0 Å². The number of amides is 1. The Morgan fingerprint density at radius 2 is 2.12 bits per heavy atom. The average molecular weight is 342 g/mol. The Labute approximate surface area is 148 Å². The van der Waals surface area contributed by atoms with Gasteiger partial charge in [0.1, 0.15) is 5.60 Å². The molecule has 0 saturated carbocycles. The van der Waals surface area contributed by atoms with Crippen LogP contribution in [0.3, 0.4) is 0 Å². The fraction of sp³-hybridized carbons (Fsp3) is 0.500. The highest BCUT2D eigenvalue weighted by atomic mass is 16.6. The SMILES string of the molecule is CC=C1C2C=C(C)CC1(NC(=O)OC(C)(C)C)c1ccc(=O)[nH]c1C2. The summed E-state index contributed by atoms with van der Waals surface area (Å²) in [5, 5.41) is 3.14. The van der Waals surface area contributed by atoms with Crippen LogP contribution in [0.2, 0.25) is 0 Å². The van der Waals surface area contributed by atoms with Crippen molar-refractivity contribution in [3.05, 3.63) is 57.0 Å². The summed E-state index contributed by atoms with van der Waals surface area (Å²) in [6, 6.07) is 3.36. The van der Waals surface area contributed by atoms with Crippen molar-refractivity contribution in [1.29, 1.82) is 0 Å². The highest BCUT2D eigenvalue weighted by Crippen LogP contribution is 2.49. The highest BCUT2D eigenvalue weighted by Gasteiger charge is 2.48. The number of hydrogen-bond donors (Lipinski definition) is 2. The Bertz CT molecular complexity index is 826. The Morgan fingerprint density at radius 3 is 2.76 bits per heavy atom. The summed E-state index contributed by atoms with van der Waals surface area (Å²) in [4.78, 5) is 27.4. The Morgan fingerprint density at radius 1 is 1.40 bits per heavy atom. The van der Waals surface area contributed by atoms with Gasteiger partial charge in [-0.05, 0) is 59.1 Å². The predicted molar refractivity (Wildman–Crippen MR) is 97.4 cm³/mol. The standard InChI is InChI=1S/C20H26N2O3/c1-6-14-13-9-12(2)11-20(14,22-18(24)25-19(3,4)5)15-7-8-17(23)21-16(15)10-13/h6-9,13H,10-11H2,1-5H3,(H,21,23)(H,22,24).